The molecule has 0 fully saturated rings. The quantitative estimate of drug-likeness (QED) is 0.860. The number of anilines is 1. The van der Waals surface area contributed by atoms with Crippen LogP contribution >= 0.6 is 0 Å². The highest BCUT2D eigenvalue weighted by Crippen LogP contribution is 2.12. The molecule has 0 radical (unpaired) electrons. The van der Waals surface area contributed by atoms with Gasteiger partial charge in [-0.2, -0.15) is 0 Å². The van der Waals surface area contributed by atoms with E-state index in [1.807, 2.05) is 13.8 Å². The van der Waals surface area contributed by atoms with Crippen molar-refractivity contribution in [1.82, 2.24) is 4.90 Å². The summed E-state index contributed by atoms with van der Waals surface area (Å²) in [7, 11) is 3.39. The molecule has 3 N–H and O–H groups in total. The Morgan fingerprint density at radius 2 is 1.68 bits per heavy atom. The fourth-order valence-corrected chi connectivity index (χ4v) is 1.48. The lowest BCUT2D eigenvalue weighted by Gasteiger charge is -2.15. The summed E-state index contributed by atoms with van der Waals surface area (Å²) < 4.78 is 0. The molecule has 1 rings (SSSR count). The second-order valence-corrected chi connectivity index (χ2v) is 5.04. The molecular formula is C14H21N3O2. The number of hydrogen-bond donors (Lipinski definition) is 2. The molecule has 2 amide bonds. The molecule has 0 aromatic heterocycles. The molecule has 5 nitrogen and oxygen atoms in total. The Kier molecular flexibility index (Phi) is 5.06. The molecule has 5 heteroatoms. The van der Waals surface area contributed by atoms with E-state index in [0.717, 1.165) is 0 Å². The molecule has 0 saturated carbocycles. The number of nitrogens with zero attached hydrogens (tertiary/aromatic N) is 1. The van der Waals surface area contributed by atoms with E-state index in [-0.39, 0.29) is 17.7 Å². The Morgan fingerprint density at radius 3 is 2.11 bits per heavy atom. The van der Waals surface area contributed by atoms with Gasteiger partial charge in [0.2, 0.25) is 5.91 Å². The monoisotopic (exact) mass is 263 g/mol. The van der Waals surface area contributed by atoms with Crippen molar-refractivity contribution >= 4 is 17.5 Å². The van der Waals surface area contributed by atoms with Crippen LogP contribution in [0, 0.1) is 5.92 Å². The Labute approximate surface area is 113 Å². The zero-order valence-corrected chi connectivity index (χ0v) is 11.8. The maximum Gasteiger partial charge on any atom is 0.253 e. The highest BCUT2D eigenvalue weighted by atomic mass is 16.2. The van der Waals surface area contributed by atoms with Gasteiger partial charge in [0.1, 0.15) is 0 Å². The van der Waals surface area contributed by atoms with Crippen molar-refractivity contribution in [3.8, 4) is 0 Å². The van der Waals surface area contributed by atoms with Crippen LogP contribution in [0.5, 0.6) is 0 Å². The molecular weight excluding hydrogens is 242 g/mol. The van der Waals surface area contributed by atoms with Gasteiger partial charge in [-0.25, -0.2) is 0 Å². The van der Waals surface area contributed by atoms with Crippen molar-refractivity contribution in [2.24, 2.45) is 11.7 Å². The van der Waals surface area contributed by atoms with Crippen LogP contribution in [0.4, 0.5) is 5.69 Å². The molecule has 1 aromatic rings. The Hall–Kier alpha value is -1.88. The van der Waals surface area contributed by atoms with E-state index in [2.05, 4.69) is 5.32 Å². The number of benzene rings is 1. The highest BCUT2D eigenvalue weighted by molar-refractivity contribution is 5.97. The summed E-state index contributed by atoms with van der Waals surface area (Å²) in [5.74, 6) is -0.215. The second kappa shape index (κ2) is 6.33. The van der Waals surface area contributed by atoms with Crippen LogP contribution in [0.2, 0.25) is 0 Å². The van der Waals surface area contributed by atoms with E-state index in [9.17, 15) is 9.59 Å². The van der Waals surface area contributed by atoms with E-state index in [1.54, 1.807) is 38.4 Å². The molecule has 104 valence electrons. The molecule has 0 saturated heterocycles. The standard InChI is InChI=1S/C14H21N3O2/c1-9(2)12(15)13(18)16-11-7-5-10(6-8-11)14(19)17(3)4/h5-9,12H,15H2,1-4H3,(H,16,18). The topological polar surface area (TPSA) is 75.4 Å². The molecule has 1 aromatic carbocycles. The number of carbonyl (C=O) groups is 2. The van der Waals surface area contributed by atoms with Crippen LogP contribution in [0.15, 0.2) is 24.3 Å². The van der Waals surface area contributed by atoms with Crippen LogP contribution in [0.1, 0.15) is 24.2 Å². The first kappa shape index (κ1) is 15.2. The van der Waals surface area contributed by atoms with E-state index >= 15 is 0 Å². The Balaban J connectivity index is 2.72. The molecule has 0 aliphatic rings. The van der Waals surface area contributed by atoms with Gasteiger partial charge in [0, 0.05) is 25.3 Å². The van der Waals surface area contributed by atoms with Gasteiger partial charge in [-0.3, -0.25) is 9.59 Å². The number of nitrogens with one attached hydrogen (secondary N) is 1. The third-order valence-corrected chi connectivity index (χ3v) is 2.83. The van der Waals surface area contributed by atoms with Crippen molar-refractivity contribution in [3.63, 3.8) is 0 Å². The number of nitrogens with two attached hydrogens (primary N) is 1. The minimum absolute atomic E-state index is 0.0724. The number of rotatable bonds is 4. The average Bonchev–Trinajstić information content (AvgIpc) is 2.37. The van der Waals surface area contributed by atoms with E-state index in [1.165, 1.54) is 4.90 Å². The second-order valence-electron chi connectivity index (χ2n) is 5.04. The minimum Gasteiger partial charge on any atom is -0.345 e. The average molecular weight is 263 g/mol. The lowest BCUT2D eigenvalue weighted by atomic mass is 10.0. The van der Waals surface area contributed by atoms with Gasteiger partial charge in [0.25, 0.3) is 5.91 Å². The van der Waals surface area contributed by atoms with Gasteiger partial charge in [-0.1, -0.05) is 13.8 Å². The largest absolute Gasteiger partial charge is 0.345 e. The Morgan fingerprint density at radius 1 is 1.16 bits per heavy atom. The highest BCUT2D eigenvalue weighted by Gasteiger charge is 2.17. The third kappa shape index (κ3) is 4.06. The van der Waals surface area contributed by atoms with E-state index in [0.29, 0.717) is 11.3 Å². The van der Waals surface area contributed by atoms with Crippen molar-refractivity contribution in [2.45, 2.75) is 19.9 Å². The molecule has 0 spiro atoms. The molecule has 0 aliphatic carbocycles. The third-order valence-electron chi connectivity index (χ3n) is 2.83. The summed E-state index contributed by atoms with van der Waals surface area (Å²) in [4.78, 5) is 25.0. The first-order valence-corrected chi connectivity index (χ1v) is 6.21. The van der Waals surface area contributed by atoms with Gasteiger partial charge in [-0.15, -0.1) is 0 Å². The van der Waals surface area contributed by atoms with Gasteiger partial charge < -0.3 is 16.0 Å². The molecule has 0 aliphatic heterocycles. The van der Waals surface area contributed by atoms with Gasteiger partial charge in [0.15, 0.2) is 0 Å². The smallest absolute Gasteiger partial charge is 0.253 e. The van der Waals surface area contributed by atoms with Crippen LogP contribution in [-0.2, 0) is 4.79 Å². The normalized spacial score (nSPS) is 12.1. The molecule has 1 unspecified atom stereocenters. The van der Waals surface area contributed by atoms with Crippen molar-refractivity contribution < 1.29 is 9.59 Å². The maximum atomic E-state index is 11.8. The number of carbonyl (C=O) groups excluding carboxylic acids is 2. The molecule has 1 atom stereocenters. The van der Waals surface area contributed by atoms with E-state index in [4.69, 9.17) is 5.73 Å². The summed E-state index contributed by atoms with van der Waals surface area (Å²) in [6.45, 7) is 3.78. The predicted octanol–water partition coefficient (Wildman–Crippen LogP) is 1.31. The molecule has 19 heavy (non-hydrogen) atoms. The summed E-state index contributed by atoms with van der Waals surface area (Å²) in [5.41, 5.74) is 6.97. The summed E-state index contributed by atoms with van der Waals surface area (Å²) in [5, 5.41) is 2.73. The SMILES string of the molecule is CC(C)C(N)C(=O)Nc1ccc(C(=O)N(C)C)cc1. The lowest BCUT2D eigenvalue weighted by molar-refractivity contribution is -0.118. The van der Waals surface area contributed by atoms with Crippen molar-refractivity contribution in [2.75, 3.05) is 19.4 Å². The first-order chi connectivity index (χ1) is 8.82. The summed E-state index contributed by atoms with van der Waals surface area (Å²) in [6, 6.07) is 6.21. The zero-order chi connectivity index (χ0) is 14.6. The maximum absolute atomic E-state index is 11.8. The Bertz CT molecular complexity index is 452. The van der Waals surface area contributed by atoms with Gasteiger partial charge in [-0.05, 0) is 30.2 Å². The predicted molar refractivity (Wildman–Crippen MR) is 75.9 cm³/mol. The molecule has 0 bridgehead atoms. The lowest BCUT2D eigenvalue weighted by Crippen LogP contribution is -2.39. The van der Waals surface area contributed by atoms with Crippen LogP contribution in [0.25, 0.3) is 0 Å². The van der Waals surface area contributed by atoms with Gasteiger partial charge in [0.05, 0.1) is 6.04 Å². The van der Waals surface area contributed by atoms with Crippen molar-refractivity contribution in [1.29, 1.82) is 0 Å². The first-order valence-electron chi connectivity index (χ1n) is 6.21. The zero-order valence-electron chi connectivity index (χ0n) is 11.8. The molecule has 0 heterocycles. The summed E-state index contributed by atoms with van der Waals surface area (Å²) in [6.07, 6.45) is 0. The fourth-order valence-electron chi connectivity index (χ4n) is 1.48. The fraction of sp³-hybridized carbons (Fsp3) is 0.429. The number of amides is 2. The minimum atomic E-state index is -0.539. The van der Waals surface area contributed by atoms with Crippen molar-refractivity contribution in [3.05, 3.63) is 29.8 Å². The van der Waals surface area contributed by atoms with E-state index < -0.39 is 6.04 Å². The van der Waals surface area contributed by atoms with Crippen LogP contribution in [0.3, 0.4) is 0 Å². The van der Waals surface area contributed by atoms with Crippen LogP contribution < -0.4 is 11.1 Å². The number of hydrogen-bond acceptors (Lipinski definition) is 3. The van der Waals surface area contributed by atoms with Crippen LogP contribution in [-0.4, -0.2) is 36.9 Å². The van der Waals surface area contributed by atoms with Gasteiger partial charge >= 0.3 is 0 Å². The summed E-state index contributed by atoms with van der Waals surface area (Å²) >= 11 is 0.